The Morgan fingerprint density at radius 3 is 2.47 bits per heavy atom. The maximum atomic E-state index is 13.2. The first kappa shape index (κ1) is 21.9. The van der Waals surface area contributed by atoms with E-state index in [1.54, 1.807) is 42.5 Å². The summed E-state index contributed by atoms with van der Waals surface area (Å²) in [6, 6.07) is 14.7. The first-order chi connectivity index (χ1) is 15.4. The van der Waals surface area contributed by atoms with Crippen LogP contribution in [0.4, 0.5) is 0 Å². The lowest BCUT2D eigenvalue weighted by atomic mass is 9.95. The van der Waals surface area contributed by atoms with Gasteiger partial charge < -0.3 is 19.5 Å². The second-order valence-electron chi connectivity index (χ2n) is 7.12. The summed E-state index contributed by atoms with van der Waals surface area (Å²) in [4.78, 5) is 28.6. The van der Waals surface area contributed by atoms with Crippen molar-refractivity contribution < 1.29 is 24.2 Å². The molecule has 1 aliphatic rings. The Labute approximate surface area is 194 Å². The zero-order valence-corrected chi connectivity index (χ0v) is 18.9. The van der Waals surface area contributed by atoms with Crippen LogP contribution in [0.25, 0.3) is 5.76 Å². The molecular weight excluding hydrogens is 450 g/mol. The van der Waals surface area contributed by atoms with E-state index < -0.39 is 17.7 Å². The quantitative estimate of drug-likeness (QED) is 0.311. The highest BCUT2D eigenvalue weighted by molar-refractivity contribution is 7.09. The van der Waals surface area contributed by atoms with Crippen molar-refractivity contribution in [1.82, 2.24) is 4.90 Å². The molecule has 0 bridgehead atoms. The van der Waals surface area contributed by atoms with E-state index >= 15 is 0 Å². The van der Waals surface area contributed by atoms with Crippen LogP contribution >= 0.6 is 22.9 Å². The smallest absolute Gasteiger partial charge is 0.295 e. The van der Waals surface area contributed by atoms with Gasteiger partial charge in [-0.2, -0.15) is 0 Å². The summed E-state index contributed by atoms with van der Waals surface area (Å²) in [5.41, 5.74) is 0.911. The topological polar surface area (TPSA) is 76.1 Å². The van der Waals surface area contributed by atoms with Gasteiger partial charge in [0.05, 0.1) is 37.9 Å². The maximum Gasteiger partial charge on any atom is 0.295 e. The number of ether oxygens (including phenoxy) is 2. The number of ketones is 1. The minimum Gasteiger partial charge on any atom is -0.507 e. The van der Waals surface area contributed by atoms with Crippen molar-refractivity contribution in [2.45, 2.75) is 12.6 Å². The summed E-state index contributed by atoms with van der Waals surface area (Å²) in [6.07, 6.45) is 0. The fourth-order valence-electron chi connectivity index (χ4n) is 3.75. The Kier molecular flexibility index (Phi) is 6.21. The van der Waals surface area contributed by atoms with Crippen LogP contribution in [0, 0.1) is 0 Å². The number of carbonyl (C=O) groups excluding carboxylic acids is 2. The van der Waals surface area contributed by atoms with E-state index in [2.05, 4.69) is 0 Å². The lowest BCUT2D eigenvalue weighted by Crippen LogP contribution is -2.28. The number of thiophene rings is 1. The average Bonchev–Trinajstić information content (AvgIpc) is 3.41. The molecule has 32 heavy (non-hydrogen) atoms. The third kappa shape index (κ3) is 3.97. The largest absolute Gasteiger partial charge is 0.507 e. The lowest BCUT2D eigenvalue weighted by molar-refractivity contribution is -0.140. The third-order valence-corrected chi connectivity index (χ3v) is 6.41. The van der Waals surface area contributed by atoms with Crippen LogP contribution in [0.1, 0.15) is 22.0 Å². The molecule has 0 aliphatic carbocycles. The van der Waals surface area contributed by atoms with Gasteiger partial charge in [0.25, 0.3) is 11.7 Å². The fourth-order valence-corrected chi connectivity index (χ4v) is 4.58. The molecule has 0 spiro atoms. The van der Waals surface area contributed by atoms with Crippen molar-refractivity contribution in [2.24, 2.45) is 0 Å². The van der Waals surface area contributed by atoms with Crippen molar-refractivity contribution >= 4 is 40.4 Å². The van der Waals surface area contributed by atoms with Gasteiger partial charge in [0.2, 0.25) is 0 Å². The number of amides is 1. The van der Waals surface area contributed by atoms with Crippen molar-refractivity contribution in [2.75, 3.05) is 14.2 Å². The molecule has 1 N–H and O–H groups in total. The molecule has 0 saturated carbocycles. The summed E-state index contributed by atoms with van der Waals surface area (Å²) >= 11 is 7.55. The molecule has 8 heteroatoms. The van der Waals surface area contributed by atoms with Crippen LogP contribution in [-0.2, 0) is 16.1 Å². The van der Waals surface area contributed by atoms with Crippen LogP contribution < -0.4 is 9.47 Å². The molecule has 1 aliphatic heterocycles. The van der Waals surface area contributed by atoms with Crippen LogP contribution in [0.3, 0.4) is 0 Å². The van der Waals surface area contributed by atoms with E-state index in [-0.39, 0.29) is 23.4 Å². The highest BCUT2D eigenvalue weighted by Crippen LogP contribution is 2.42. The van der Waals surface area contributed by atoms with E-state index in [1.165, 1.54) is 30.5 Å². The summed E-state index contributed by atoms with van der Waals surface area (Å²) in [6.45, 7) is 0.238. The van der Waals surface area contributed by atoms with Crippen molar-refractivity contribution in [3.63, 3.8) is 0 Å². The van der Waals surface area contributed by atoms with Crippen LogP contribution in [-0.4, -0.2) is 35.9 Å². The molecule has 6 nitrogen and oxygen atoms in total. The number of hydrogen-bond acceptors (Lipinski definition) is 6. The van der Waals surface area contributed by atoms with Gasteiger partial charge in [-0.3, -0.25) is 9.59 Å². The zero-order valence-electron chi connectivity index (χ0n) is 17.4. The molecule has 1 fully saturated rings. The van der Waals surface area contributed by atoms with Gasteiger partial charge in [-0.25, -0.2) is 0 Å². The zero-order chi connectivity index (χ0) is 22.8. The Balaban J connectivity index is 1.91. The third-order valence-electron chi connectivity index (χ3n) is 5.29. The number of halogens is 1. The molecule has 1 saturated heterocycles. The first-order valence-corrected chi connectivity index (χ1v) is 11.0. The Bertz CT molecular complexity index is 1190. The van der Waals surface area contributed by atoms with E-state index in [0.717, 1.165) is 4.88 Å². The average molecular weight is 470 g/mol. The molecule has 4 rings (SSSR count). The number of rotatable bonds is 6. The van der Waals surface area contributed by atoms with E-state index in [9.17, 15) is 14.7 Å². The number of hydrogen-bond donors (Lipinski definition) is 1. The fraction of sp³-hybridized carbons (Fsp3) is 0.167. The van der Waals surface area contributed by atoms with E-state index in [4.69, 9.17) is 21.1 Å². The summed E-state index contributed by atoms with van der Waals surface area (Å²) in [5.74, 6) is -0.941. The second-order valence-corrected chi connectivity index (χ2v) is 8.59. The standard InChI is InChI=1S/C24H20ClNO5S/c1-30-16-9-10-19(31-2)18(12-16)22(27)20-21(14-5-7-15(25)8-6-14)26(24(29)23(20)28)13-17-4-3-11-32-17/h3-12,21,27H,13H2,1-2H3/b22-20+. The summed E-state index contributed by atoms with van der Waals surface area (Å²) in [5, 5.41) is 13.7. The van der Waals surface area contributed by atoms with Gasteiger partial charge in [-0.05, 0) is 47.3 Å². The van der Waals surface area contributed by atoms with Crippen molar-refractivity contribution in [3.05, 3.63) is 86.6 Å². The highest BCUT2D eigenvalue weighted by Gasteiger charge is 2.46. The number of aliphatic hydroxyl groups is 1. The van der Waals surface area contributed by atoms with E-state index in [0.29, 0.717) is 22.1 Å². The minimum atomic E-state index is -0.787. The molecule has 0 radical (unpaired) electrons. The lowest BCUT2D eigenvalue weighted by Gasteiger charge is -2.25. The first-order valence-electron chi connectivity index (χ1n) is 9.73. The molecule has 2 heterocycles. The van der Waals surface area contributed by atoms with Gasteiger partial charge in [0.1, 0.15) is 17.3 Å². The van der Waals surface area contributed by atoms with Gasteiger partial charge in [-0.1, -0.05) is 29.8 Å². The maximum absolute atomic E-state index is 13.2. The molecule has 164 valence electrons. The van der Waals surface area contributed by atoms with Crippen molar-refractivity contribution in [1.29, 1.82) is 0 Å². The molecule has 1 aromatic heterocycles. The monoisotopic (exact) mass is 469 g/mol. The Morgan fingerprint density at radius 1 is 1.09 bits per heavy atom. The predicted molar refractivity (Wildman–Crippen MR) is 123 cm³/mol. The van der Waals surface area contributed by atoms with Gasteiger partial charge in [0.15, 0.2) is 0 Å². The van der Waals surface area contributed by atoms with Gasteiger partial charge >= 0.3 is 0 Å². The normalized spacial score (nSPS) is 17.6. The Hall–Kier alpha value is -3.29. The van der Waals surface area contributed by atoms with Crippen molar-refractivity contribution in [3.8, 4) is 11.5 Å². The molecule has 1 unspecified atom stereocenters. The summed E-state index contributed by atoms with van der Waals surface area (Å²) < 4.78 is 10.6. The number of Topliss-reactive ketones (excluding diaryl/α,β-unsaturated/α-hetero) is 1. The molecular formula is C24H20ClNO5S. The molecule has 1 amide bonds. The second kappa shape index (κ2) is 9.06. The predicted octanol–water partition coefficient (Wildman–Crippen LogP) is 5.04. The number of carbonyl (C=O) groups is 2. The highest BCUT2D eigenvalue weighted by atomic mass is 35.5. The Morgan fingerprint density at radius 2 is 1.84 bits per heavy atom. The SMILES string of the molecule is COc1ccc(OC)c(/C(O)=C2\C(=O)C(=O)N(Cc3cccs3)C2c2ccc(Cl)cc2)c1. The van der Waals surface area contributed by atoms with Gasteiger partial charge in [-0.15, -0.1) is 11.3 Å². The number of aliphatic hydroxyl groups excluding tert-OH is 1. The summed E-state index contributed by atoms with van der Waals surface area (Å²) in [7, 11) is 2.96. The number of nitrogens with zero attached hydrogens (tertiary/aromatic N) is 1. The van der Waals surface area contributed by atoms with Crippen LogP contribution in [0.2, 0.25) is 5.02 Å². The van der Waals surface area contributed by atoms with Gasteiger partial charge in [0, 0.05) is 9.90 Å². The van der Waals surface area contributed by atoms with E-state index in [1.807, 2.05) is 17.5 Å². The number of methoxy groups -OCH3 is 2. The minimum absolute atomic E-state index is 0.0135. The molecule has 2 aromatic carbocycles. The number of benzene rings is 2. The molecule has 3 aromatic rings. The molecule has 1 atom stereocenters. The number of likely N-dealkylation sites (tertiary alicyclic amines) is 1. The van der Waals surface area contributed by atoms with Crippen LogP contribution in [0.5, 0.6) is 11.5 Å². The van der Waals surface area contributed by atoms with Crippen LogP contribution in [0.15, 0.2) is 65.6 Å².